The van der Waals surface area contributed by atoms with E-state index in [2.05, 4.69) is 0 Å². The van der Waals surface area contributed by atoms with Gasteiger partial charge in [0, 0.05) is 13.1 Å². The Morgan fingerprint density at radius 2 is 2.04 bits per heavy atom. The van der Waals surface area contributed by atoms with Crippen LogP contribution in [0, 0.1) is 6.92 Å². The van der Waals surface area contributed by atoms with Crippen molar-refractivity contribution in [1.82, 2.24) is 9.80 Å². The number of hydrogen-bond donors (Lipinski definition) is 1. The molecule has 0 radical (unpaired) electrons. The van der Waals surface area contributed by atoms with E-state index >= 15 is 0 Å². The molecule has 0 bridgehead atoms. The second kappa shape index (κ2) is 7.90. The second-order valence-electron chi connectivity index (χ2n) is 6.98. The minimum atomic E-state index is -0.722. The Morgan fingerprint density at radius 3 is 2.64 bits per heavy atom. The van der Waals surface area contributed by atoms with Crippen molar-refractivity contribution in [2.24, 2.45) is 0 Å². The van der Waals surface area contributed by atoms with E-state index in [1.807, 2.05) is 25.1 Å². The van der Waals surface area contributed by atoms with Crippen LogP contribution < -0.4 is 4.74 Å². The van der Waals surface area contributed by atoms with Crippen LogP contribution in [0.15, 0.2) is 52.1 Å². The number of benzene rings is 1. The van der Waals surface area contributed by atoms with Crippen LogP contribution in [0.4, 0.5) is 0 Å². The van der Waals surface area contributed by atoms with Crippen molar-refractivity contribution in [2.75, 3.05) is 34.3 Å². The number of amides is 1. The number of rotatable bonds is 7. The van der Waals surface area contributed by atoms with Crippen LogP contribution in [0.25, 0.3) is 0 Å². The number of carbonyl (C=O) groups is 2. The highest BCUT2D eigenvalue weighted by Crippen LogP contribution is 2.39. The van der Waals surface area contributed by atoms with Gasteiger partial charge >= 0.3 is 0 Å². The van der Waals surface area contributed by atoms with Crippen molar-refractivity contribution in [3.05, 3.63) is 64.8 Å². The van der Waals surface area contributed by atoms with E-state index in [0.29, 0.717) is 30.2 Å². The van der Waals surface area contributed by atoms with Crippen molar-refractivity contribution in [1.29, 1.82) is 0 Å². The molecule has 3 rings (SSSR count). The summed E-state index contributed by atoms with van der Waals surface area (Å²) in [5.74, 6) is -0.333. The van der Waals surface area contributed by atoms with Gasteiger partial charge in [-0.25, -0.2) is 0 Å². The summed E-state index contributed by atoms with van der Waals surface area (Å²) in [6.45, 7) is 2.67. The molecule has 1 unspecified atom stereocenters. The summed E-state index contributed by atoms with van der Waals surface area (Å²) < 4.78 is 10.7. The highest BCUT2D eigenvalue weighted by molar-refractivity contribution is 6.15. The van der Waals surface area contributed by atoms with Gasteiger partial charge in [0.25, 0.3) is 5.91 Å². The van der Waals surface area contributed by atoms with Gasteiger partial charge in [-0.1, -0.05) is 12.1 Å². The first kappa shape index (κ1) is 19.7. The number of nitrogens with zero attached hydrogens (tertiary/aromatic N) is 2. The molecule has 1 aromatic carbocycles. The average molecular weight is 384 g/mol. The zero-order valence-corrected chi connectivity index (χ0v) is 16.4. The molecule has 1 N–H and O–H groups in total. The molecule has 0 saturated carbocycles. The summed E-state index contributed by atoms with van der Waals surface area (Å²) in [5.41, 5.74) is 0.702. The summed E-state index contributed by atoms with van der Waals surface area (Å²) in [7, 11) is 5.34. The molecule has 0 fully saturated rings. The lowest BCUT2D eigenvalue weighted by atomic mass is 9.95. The first-order chi connectivity index (χ1) is 13.3. The van der Waals surface area contributed by atoms with Gasteiger partial charge < -0.3 is 24.1 Å². The molecule has 1 amide bonds. The van der Waals surface area contributed by atoms with Gasteiger partial charge in [-0.15, -0.1) is 0 Å². The first-order valence-electron chi connectivity index (χ1n) is 8.97. The quantitative estimate of drug-likeness (QED) is 0.739. The van der Waals surface area contributed by atoms with E-state index in [-0.39, 0.29) is 11.3 Å². The number of ketones is 1. The molecule has 2 heterocycles. The fourth-order valence-electron chi connectivity index (χ4n) is 3.27. The van der Waals surface area contributed by atoms with E-state index in [4.69, 9.17) is 9.15 Å². The van der Waals surface area contributed by atoms with E-state index in [0.717, 1.165) is 0 Å². The molecule has 0 aliphatic carbocycles. The molecule has 2 aromatic rings. The number of Topliss-reactive ketones (excluding diaryl/α,β-unsaturated/α-hetero) is 1. The van der Waals surface area contributed by atoms with Gasteiger partial charge in [-0.3, -0.25) is 9.59 Å². The van der Waals surface area contributed by atoms with Gasteiger partial charge in [0.1, 0.15) is 11.5 Å². The normalized spacial score (nSPS) is 17.0. The Morgan fingerprint density at radius 1 is 1.29 bits per heavy atom. The van der Waals surface area contributed by atoms with Crippen molar-refractivity contribution in [3.63, 3.8) is 0 Å². The smallest absolute Gasteiger partial charge is 0.290 e. The first-order valence-corrected chi connectivity index (χ1v) is 8.97. The highest BCUT2D eigenvalue weighted by Gasteiger charge is 2.44. The van der Waals surface area contributed by atoms with Gasteiger partial charge in [0.15, 0.2) is 11.5 Å². The van der Waals surface area contributed by atoms with Crippen molar-refractivity contribution in [3.8, 4) is 5.75 Å². The van der Waals surface area contributed by atoms with Crippen LogP contribution in [0.3, 0.4) is 0 Å². The predicted octanol–water partition coefficient (Wildman–Crippen LogP) is 2.74. The van der Waals surface area contributed by atoms with Crippen LogP contribution in [0.1, 0.15) is 27.9 Å². The van der Waals surface area contributed by atoms with E-state index < -0.39 is 23.5 Å². The average Bonchev–Trinajstić information content (AvgIpc) is 3.21. The Hall–Kier alpha value is -3.06. The molecular weight excluding hydrogens is 360 g/mol. The van der Waals surface area contributed by atoms with Crippen molar-refractivity contribution in [2.45, 2.75) is 13.0 Å². The number of hydrogen-bond acceptors (Lipinski definition) is 6. The van der Waals surface area contributed by atoms with Gasteiger partial charge in [-0.05, 0) is 50.8 Å². The van der Waals surface area contributed by atoms with Crippen LogP contribution >= 0.6 is 0 Å². The molecular formula is C21H24N2O5. The molecule has 7 nitrogen and oxygen atoms in total. The molecule has 0 spiro atoms. The molecule has 1 aliphatic rings. The monoisotopic (exact) mass is 384 g/mol. The maximum atomic E-state index is 13.1. The second-order valence-corrected chi connectivity index (χ2v) is 6.98. The third-order valence-electron chi connectivity index (χ3n) is 4.71. The number of carbonyl (C=O) groups excluding carboxylic acids is 2. The molecule has 1 atom stereocenters. The lowest BCUT2D eigenvalue weighted by molar-refractivity contribution is -0.129. The van der Waals surface area contributed by atoms with Crippen LogP contribution in [-0.2, 0) is 4.79 Å². The highest BCUT2D eigenvalue weighted by atomic mass is 16.5. The minimum absolute atomic E-state index is 0.0198. The molecule has 7 heteroatoms. The predicted molar refractivity (Wildman–Crippen MR) is 103 cm³/mol. The van der Waals surface area contributed by atoms with E-state index in [9.17, 15) is 14.7 Å². The van der Waals surface area contributed by atoms with E-state index in [1.54, 1.807) is 44.4 Å². The van der Waals surface area contributed by atoms with Gasteiger partial charge in [0.2, 0.25) is 5.78 Å². The lowest BCUT2D eigenvalue weighted by Gasteiger charge is -2.28. The van der Waals surface area contributed by atoms with E-state index in [1.165, 1.54) is 4.90 Å². The zero-order valence-electron chi connectivity index (χ0n) is 16.4. The topological polar surface area (TPSA) is 83.2 Å². The van der Waals surface area contributed by atoms with Crippen LogP contribution in [0.2, 0.25) is 0 Å². The molecule has 0 saturated heterocycles. The number of furan rings is 1. The van der Waals surface area contributed by atoms with Crippen LogP contribution in [-0.4, -0.2) is 60.9 Å². The number of ether oxygens (including phenoxy) is 1. The van der Waals surface area contributed by atoms with Crippen LogP contribution in [0.5, 0.6) is 5.75 Å². The summed E-state index contributed by atoms with van der Waals surface area (Å²) >= 11 is 0. The molecule has 28 heavy (non-hydrogen) atoms. The summed E-state index contributed by atoms with van der Waals surface area (Å²) in [5, 5.41) is 10.6. The van der Waals surface area contributed by atoms with Crippen molar-refractivity contribution >= 4 is 11.7 Å². The number of aryl methyl sites for hydroxylation is 1. The fraction of sp³-hybridized carbons (Fsp3) is 0.333. The fourth-order valence-corrected chi connectivity index (χ4v) is 3.27. The van der Waals surface area contributed by atoms with Gasteiger partial charge in [-0.2, -0.15) is 0 Å². The molecule has 1 aliphatic heterocycles. The maximum absolute atomic E-state index is 13.1. The Kier molecular flexibility index (Phi) is 5.56. The Balaban J connectivity index is 2.07. The number of aliphatic hydroxyl groups excluding tert-OH is 1. The third-order valence-corrected chi connectivity index (χ3v) is 4.71. The SMILES string of the molecule is COc1cccc(C2C(C(=O)c3ccc(C)o3)=C(O)C(=O)N2CCN(C)C)c1. The Bertz CT molecular complexity index is 928. The third kappa shape index (κ3) is 3.66. The summed E-state index contributed by atoms with van der Waals surface area (Å²) in [6.07, 6.45) is 0. The summed E-state index contributed by atoms with van der Waals surface area (Å²) in [6, 6.07) is 9.64. The maximum Gasteiger partial charge on any atom is 0.290 e. The molecule has 1 aromatic heterocycles. The van der Waals surface area contributed by atoms with Gasteiger partial charge in [0.05, 0.1) is 18.7 Å². The molecule has 148 valence electrons. The number of methoxy groups -OCH3 is 1. The Labute approximate surface area is 163 Å². The zero-order chi connectivity index (χ0) is 20.4. The lowest BCUT2D eigenvalue weighted by Crippen LogP contribution is -2.36. The standard InChI is InChI=1S/C21H24N2O5/c1-13-8-9-16(28-13)19(24)17-18(14-6-5-7-15(12-14)27-4)23(11-10-22(2)3)21(26)20(17)25/h5-9,12,18,25H,10-11H2,1-4H3. The number of aliphatic hydroxyl groups is 1. The largest absolute Gasteiger partial charge is 0.503 e. The number of likely N-dealkylation sites (N-methyl/N-ethyl adjacent to an activating group) is 1. The summed E-state index contributed by atoms with van der Waals surface area (Å²) in [4.78, 5) is 29.3. The minimum Gasteiger partial charge on any atom is -0.503 e. The van der Waals surface area contributed by atoms with Crippen molar-refractivity contribution < 1.29 is 23.8 Å².